The first kappa shape index (κ1) is 11.0. The Hall–Kier alpha value is -0.550. The van der Waals surface area contributed by atoms with E-state index in [2.05, 4.69) is 9.72 Å². The predicted molar refractivity (Wildman–Crippen MR) is 62.8 cm³/mol. The van der Waals surface area contributed by atoms with Gasteiger partial charge in [-0.1, -0.05) is 0 Å². The lowest BCUT2D eigenvalue weighted by Gasteiger charge is -2.18. The smallest absolute Gasteiger partial charge is 0.357 e. The minimum Gasteiger partial charge on any atom is -0.464 e. The molecule has 3 nitrogen and oxygen atoms in total. The molecule has 0 N–H and O–H groups in total. The molecule has 0 spiro atoms. The number of esters is 1. The van der Waals surface area contributed by atoms with E-state index >= 15 is 0 Å². The van der Waals surface area contributed by atoms with Crippen LogP contribution in [0, 0.1) is 0 Å². The number of nitrogens with zero attached hydrogens (tertiary/aromatic N) is 1. The Morgan fingerprint density at radius 2 is 2.27 bits per heavy atom. The molecule has 0 aromatic carbocycles. The largest absolute Gasteiger partial charge is 0.464 e. The van der Waals surface area contributed by atoms with Crippen LogP contribution in [0.25, 0.3) is 0 Å². The summed E-state index contributed by atoms with van der Waals surface area (Å²) in [4.78, 5) is 15.6. The average molecular weight is 243 g/mol. The summed E-state index contributed by atoms with van der Waals surface area (Å²) in [6.45, 7) is 0. The monoisotopic (exact) mass is 243 g/mol. The highest BCUT2D eigenvalue weighted by atomic mass is 32.2. The minimum absolute atomic E-state index is 0.331. The Labute approximate surface area is 97.2 Å². The molecule has 1 fully saturated rings. The number of rotatable bonds is 2. The van der Waals surface area contributed by atoms with Gasteiger partial charge in [0.05, 0.1) is 12.1 Å². The molecule has 2 rings (SSSR count). The molecule has 1 aromatic heterocycles. The quantitative estimate of drug-likeness (QED) is 0.748. The zero-order valence-corrected chi connectivity index (χ0v) is 10.2. The molecule has 5 heteroatoms. The van der Waals surface area contributed by atoms with E-state index in [1.807, 2.05) is 11.8 Å². The Bertz CT molecular complexity index is 345. The fourth-order valence-electron chi connectivity index (χ4n) is 1.62. The van der Waals surface area contributed by atoms with Crippen LogP contribution < -0.4 is 0 Å². The van der Waals surface area contributed by atoms with Crippen LogP contribution in [0.2, 0.25) is 0 Å². The molecule has 1 aliphatic heterocycles. The van der Waals surface area contributed by atoms with Gasteiger partial charge in [0.25, 0.3) is 0 Å². The lowest BCUT2D eigenvalue weighted by molar-refractivity contribution is 0.0594. The van der Waals surface area contributed by atoms with Crippen molar-refractivity contribution in [1.29, 1.82) is 0 Å². The molecule has 82 valence electrons. The lowest BCUT2D eigenvalue weighted by atomic mass is 10.0. The van der Waals surface area contributed by atoms with E-state index < -0.39 is 0 Å². The third-order valence-electron chi connectivity index (χ3n) is 2.49. The van der Waals surface area contributed by atoms with Gasteiger partial charge in [0.2, 0.25) is 0 Å². The molecule has 0 aliphatic carbocycles. The van der Waals surface area contributed by atoms with Gasteiger partial charge >= 0.3 is 5.97 Å². The summed E-state index contributed by atoms with van der Waals surface area (Å²) in [6, 6.07) is 0. The second-order valence-corrected chi connectivity index (χ2v) is 5.56. The number of methoxy groups -OCH3 is 1. The van der Waals surface area contributed by atoms with E-state index in [-0.39, 0.29) is 5.97 Å². The van der Waals surface area contributed by atoms with Gasteiger partial charge in [-0.15, -0.1) is 11.3 Å². The first-order valence-electron chi connectivity index (χ1n) is 4.92. The highest BCUT2D eigenvalue weighted by molar-refractivity contribution is 7.99. The van der Waals surface area contributed by atoms with Crippen molar-refractivity contribution in [2.45, 2.75) is 18.8 Å². The molecule has 0 radical (unpaired) electrons. The van der Waals surface area contributed by atoms with Crippen molar-refractivity contribution < 1.29 is 9.53 Å². The van der Waals surface area contributed by atoms with Gasteiger partial charge in [-0.05, 0) is 24.3 Å². The predicted octanol–water partition coefficient (Wildman–Crippen LogP) is 2.54. The van der Waals surface area contributed by atoms with Crippen LogP contribution in [0.5, 0.6) is 0 Å². The van der Waals surface area contributed by atoms with Gasteiger partial charge in [0.15, 0.2) is 5.69 Å². The highest BCUT2D eigenvalue weighted by Crippen LogP contribution is 2.33. The number of thiazole rings is 1. The van der Waals surface area contributed by atoms with Crippen molar-refractivity contribution in [2.75, 3.05) is 18.6 Å². The van der Waals surface area contributed by atoms with E-state index in [1.54, 1.807) is 16.7 Å². The molecule has 1 aromatic rings. The molecule has 0 saturated carbocycles. The molecule has 0 atom stereocenters. The van der Waals surface area contributed by atoms with Crippen molar-refractivity contribution in [3.05, 3.63) is 16.1 Å². The van der Waals surface area contributed by atoms with Crippen LogP contribution in [0.4, 0.5) is 0 Å². The molecule has 2 heterocycles. The summed E-state index contributed by atoms with van der Waals surface area (Å²) in [6.07, 6.45) is 2.36. The summed E-state index contributed by atoms with van der Waals surface area (Å²) in [5.74, 6) is 2.63. The molecule has 1 aliphatic rings. The van der Waals surface area contributed by atoms with E-state index in [9.17, 15) is 4.79 Å². The first-order valence-corrected chi connectivity index (χ1v) is 6.96. The molecule has 1 saturated heterocycles. The highest BCUT2D eigenvalue weighted by Gasteiger charge is 2.20. The second-order valence-electron chi connectivity index (χ2n) is 3.45. The van der Waals surface area contributed by atoms with Gasteiger partial charge < -0.3 is 4.74 Å². The maximum atomic E-state index is 11.2. The van der Waals surface area contributed by atoms with E-state index in [0.29, 0.717) is 11.6 Å². The van der Waals surface area contributed by atoms with E-state index in [4.69, 9.17) is 0 Å². The molecule has 0 amide bonds. The van der Waals surface area contributed by atoms with Crippen LogP contribution in [-0.2, 0) is 4.74 Å². The Kier molecular flexibility index (Phi) is 3.64. The van der Waals surface area contributed by atoms with Gasteiger partial charge in [-0.25, -0.2) is 9.78 Å². The van der Waals surface area contributed by atoms with Crippen LogP contribution in [0.3, 0.4) is 0 Å². The maximum Gasteiger partial charge on any atom is 0.357 e. The number of hydrogen-bond acceptors (Lipinski definition) is 5. The van der Waals surface area contributed by atoms with Crippen LogP contribution in [0.1, 0.15) is 34.3 Å². The van der Waals surface area contributed by atoms with Crippen molar-refractivity contribution in [1.82, 2.24) is 4.98 Å². The Morgan fingerprint density at radius 1 is 1.53 bits per heavy atom. The van der Waals surface area contributed by atoms with Crippen LogP contribution >= 0.6 is 23.1 Å². The zero-order valence-electron chi connectivity index (χ0n) is 8.56. The lowest BCUT2D eigenvalue weighted by Crippen LogP contribution is -2.08. The Balaban J connectivity index is 2.08. The number of carbonyl (C=O) groups is 1. The molecule has 15 heavy (non-hydrogen) atoms. The van der Waals surface area contributed by atoms with Gasteiger partial charge in [0.1, 0.15) is 0 Å². The summed E-state index contributed by atoms with van der Waals surface area (Å²) in [7, 11) is 1.39. The summed E-state index contributed by atoms with van der Waals surface area (Å²) in [5, 5.41) is 2.89. The fraction of sp³-hybridized carbons (Fsp3) is 0.600. The summed E-state index contributed by atoms with van der Waals surface area (Å²) >= 11 is 3.57. The number of carbonyl (C=O) groups excluding carboxylic acids is 1. The number of ether oxygens (including phenoxy) is 1. The van der Waals surface area contributed by atoms with Gasteiger partial charge in [0, 0.05) is 11.3 Å². The molecular formula is C10H13NO2S2. The fourth-order valence-corrected chi connectivity index (χ4v) is 3.68. The number of thioether (sulfide) groups is 1. The molecule has 0 unspecified atom stereocenters. The minimum atomic E-state index is -0.331. The van der Waals surface area contributed by atoms with Gasteiger partial charge in [-0.3, -0.25) is 0 Å². The SMILES string of the molecule is COC(=O)c1csc(C2CCSCC2)n1. The van der Waals surface area contributed by atoms with Crippen molar-refractivity contribution in [2.24, 2.45) is 0 Å². The summed E-state index contributed by atoms with van der Waals surface area (Å²) in [5.41, 5.74) is 0.454. The zero-order chi connectivity index (χ0) is 10.7. The maximum absolute atomic E-state index is 11.2. The van der Waals surface area contributed by atoms with Crippen LogP contribution in [0.15, 0.2) is 5.38 Å². The normalized spacial score (nSPS) is 17.7. The second kappa shape index (κ2) is 4.99. The van der Waals surface area contributed by atoms with E-state index in [1.165, 1.54) is 31.5 Å². The third-order valence-corrected chi connectivity index (χ3v) is 4.54. The molecular weight excluding hydrogens is 230 g/mol. The Morgan fingerprint density at radius 3 is 2.93 bits per heavy atom. The topological polar surface area (TPSA) is 39.2 Å². The van der Waals surface area contributed by atoms with Crippen molar-refractivity contribution in [3.8, 4) is 0 Å². The van der Waals surface area contributed by atoms with Gasteiger partial charge in [-0.2, -0.15) is 11.8 Å². The van der Waals surface area contributed by atoms with E-state index in [0.717, 1.165) is 5.01 Å². The standard InChI is InChI=1S/C10H13NO2S2/c1-13-10(12)8-6-15-9(11-8)7-2-4-14-5-3-7/h6-7H,2-5H2,1H3. The molecule has 0 bridgehead atoms. The average Bonchev–Trinajstić information content (AvgIpc) is 2.78. The van der Waals surface area contributed by atoms with Crippen molar-refractivity contribution in [3.63, 3.8) is 0 Å². The number of aromatic nitrogens is 1. The number of hydrogen-bond donors (Lipinski definition) is 0. The third kappa shape index (κ3) is 2.52. The summed E-state index contributed by atoms with van der Waals surface area (Å²) < 4.78 is 4.64. The van der Waals surface area contributed by atoms with Crippen molar-refractivity contribution >= 4 is 29.1 Å². The first-order chi connectivity index (χ1) is 7.31. The van der Waals surface area contributed by atoms with Crippen LogP contribution in [-0.4, -0.2) is 29.6 Å².